The first-order valence-corrected chi connectivity index (χ1v) is 9.02. The molecule has 0 amide bonds. The molecule has 1 aromatic carbocycles. The van der Waals surface area contributed by atoms with Gasteiger partial charge in [-0.25, -0.2) is 9.78 Å². The van der Waals surface area contributed by atoms with Crippen molar-refractivity contribution < 1.29 is 4.42 Å². The Morgan fingerprint density at radius 1 is 1.04 bits per heavy atom. The van der Waals surface area contributed by atoms with Gasteiger partial charge in [0.2, 0.25) is 0 Å². The molecule has 3 heterocycles. The fourth-order valence-corrected chi connectivity index (χ4v) is 3.53. The van der Waals surface area contributed by atoms with Crippen molar-refractivity contribution >= 4 is 16.8 Å². The van der Waals surface area contributed by atoms with Crippen molar-refractivity contribution in [2.45, 2.75) is 20.4 Å². The molecule has 1 fully saturated rings. The van der Waals surface area contributed by atoms with Gasteiger partial charge in [-0.1, -0.05) is 6.07 Å². The van der Waals surface area contributed by atoms with E-state index in [1.807, 2.05) is 31.3 Å². The second-order valence-corrected chi connectivity index (χ2v) is 6.97. The standard InChI is InChI=1S/C21H23N3O2/c1-15-11-18-17(13-21(25)26-19(18)12-16(15)2)14-23-7-9-24(10-8-23)20-5-3-4-6-22-20/h3-6,11-13H,7-10,14H2,1-2H3. The number of nitrogens with zero attached hydrogens (tertiary/aromatic N) is 3. The van der Waals surface area contributed by atoms with Gasteiger partial charge in [0.1, 0.15) is 11.4 Å². The van der Waals surface area contributed by atoms with Crippen molar-refractivity contribution in [3.63, 3.8) is 0 Å². The Balaban J connectivity index is 1.53. The third kappa shape index (κ3) is 3.35. The topological polar surface area (TPSA) is 49.6 Å². The summed E-state index contributed by atoms with van der Waals surface area (Å²) in [5, 5.41) is 1.04. The zero-order valence-corrected chi connectivity index (χ0v) is 15.2. The summed E-state index contributed by atoms with van der Waals surface area (Å²) >= 11 is 0. The molecule has 3 aromatic rings. The minimum atomic E-state index is -0.275. The number of anilines is 1. The molecule has 134 valence electrons. The number of aromatic nitrogens is 1. The van der Waals surface area contributed by atoms with Crippen molar-refractivity contribution in [2.75, 3.05) is 31.1 Å². The second kappa shape index (κ2) is 6.92. The van der Waals surface area contributed by atoms with Crippen LogP contribution < -0.4 is 10.5 Å². The average Bonchev–Trinajstić information content (AvgIpc) is 2.65. The average molecular weight is 349 g/mol. The van der Waals surface area contributed by atoms with Crippen molar-refractivity contribution in [1.29, 1.82) is 0 Å². The minimum Gasteiger partial charge on any atom is -0.423 e. The third-order valence-electron chi connectivity index (χ3n) is 5.18. The van der Waals surface area contributed by atoms with Gasteiger partial charge in [0.15, 0.2) is 0 Å². The van der Waals surface area contributed by atoms with Crippen LogP contribution in [0.25, 0.3) is 11.0 Å². The normalized spacial score (nSPS) is 15.5. The smallest absolute Gasteiger partial charge is 0.336 e. The number of aryl methyl sites for hydroxylation is 2. The van der Waals surface area contributed by atoms with Crippen LogP contribution in [0.2, 0.25) is 0 Å². The Morgan fingerprint density at radius 3 is 2.54 bits per heavy atom. The lowest BCUT2D eigenvalue weighted by atomic mass is 10.0. The minimum absolute atomic E-state index is 0.275. The van der Waals surface area contributed by atoms with Crippen molar-refractivity contribution in [3.8, 4) is 0 Å². The summed E-state index contributed by atoms with van der Waals surface area (Å²) in [6, 6.07) is 11.8. The quantitative estimate of drug-likeness (QED) is 0.680. The van der Waals surface area contributed by atoms with Gasteiger partial charge in [0.25, 0.3) is 0 Å². The molecule has 0 aliphatic carbocycles. The van der Waals surface area contributed by atoms with Crippen LogP contribution in [-0.2, 0) is 6.54 Å². The summed E-state index contributed by atoms with van der Waals surface area (Å²) in [5.41, 5.74) is 3.81. The first kappa shape index (κ1) is 16.8. The van der Waals surface area contributed by atoms with Crippen LogP contribution >= 0.6 is 0 Å². The third-order valence-corrected chi connectivity index (χ3v) is 5.18. The van der Waals surface area contributed by atoms with Gasteiger partial charge in [-0.05, 0) is 54.8 Å². The van der Waals surface area contributed by atoms with E-state index in [1.54, 1.807) is 6.07 Å². The van der Waals surface area contributed by atoms with Gasteiger partial charge in [-0.3, -0.25) is 4.90 Å². The molecular weight excluding hydrogens is 326 g/mol. The van der Waals surface area contributed by atoms with Gasteiger partial charge in [-0.2, -0.15) is 0 Å². The van der Waals surface area contributed by atoms with Gasteiger partial charge in [0.05, 0.1) is 0 Å². The highest BCUT2D eigenvalue weighted by Crippen LogP contribution is 2.23. The molecule has 5 heteroatoms. The molecule has 0 N–H and O–H groups in total. The lowest BCUT2D eigenvalue weighted by molar-refractivity contribution is 0.249. The van der Waals surface area contributed by atoms with E-state index in [1.165, 1.54) is 5.56 Å². The molecule has 4 rings (SSSR count). The number of hydrogen-bond acceptors (Lipinski definition) is 5. The fourth-order valence-electron chi connectivity index (χ4n) is 3.53. The summed E-state index contributed by atoms with van der Waals surface area (Å²) in [6.07, 6.45) is 1.83. The van der Waals surface area contributed by atoms with E-state index >= 15 is 0 Å². The largest absolute Gasteiger partial charge is 0.423 e. The first-order valence-electron chi connectivity index (χ1n) is 9.02. The van der Waals surface area contributed by atoms with Gasteiger partial charge in [0, 0.05) is 50.4 Å². The van der Waals surface area contributed by atoms with Gasteiger partial charge in [-0.15, -0.1) is 0 Å². The van der Waals surface area contributed by atoms with Crippen LogP contribution in [0, 0.1) is 13.8 Å². The van der Waals surface area contributed by atoms with E-state index in [-0.39, 0.29) is 5.63 Å². The maximum atomic E-state index is 12.0. The van der Waals surface area contributed by atoms with Crippen LogP contribution in [0.15, 0.2) is 51.8 Å². The van der Waals surface area contributed by atoms with Crippen LogP contribution in [0.4, 0.5) is 5.82 Å². The zero-order valence-electron chi connectivity index (χ0n) is 15.2. The lowest BCUT2D eigenvalue weighted by Gasteiger charge is -2.35. The van der Waals surface area contributed by atoms with E-state index in [0.29, 0.717) is 5.58 Å². The van der Waals surface area contributed by atoms with Gasteiger partial charge < -0.3 is 9.32 Å². The molecule has 0 atom stereocenters. The molecule has 2 aromatic heterocycles. The summed E-state index contributed by atoms with van der Waals surface area (Å²) in [5.74, 6) is 1.03. The number of fused-ring (bicyclic) bond motifs is 1. The predicted molar refractivity (Wildman–Crippen MR) is 104 cm³/mol. The Kier molecular flexibility index (Phi) is 4.47. The van der Waals surface area contributed by atoms with Crippen LogP contribution in [-0.4, -0.2) is 36.1 Å². The molecule has 0 saturated carbocycles. The molecule has 5 nitrogen and oxygen atoms in total. The maximum Gasteiger partial charge on any atom is 0.336 e. The maximum absolute atomic E-state index is 12.0. The molecule has 1 aliphatic heterocycles. The van der Waals surface area contributed by atoms with Crippen molar-refractivity contribution in [3.05, 3.63) is 69.7 Å². The Hall–Kier alpha value is -2.66. The molecule has 26 heavy (non-hydrogen) atoms. The van der Waals surface area contributed by atoms with E-state index in [9.17, 15) is 4.79 Å². The first-order chi connectivity index (χ1) is 12.6. The molecule has 0 unspecified atom stereocenters. The molecule has 0 spiro atoms. The lowest BCUT2D eigenvalue weighted by Crippen LogP contribution is -2.46. The number of hydrogen-bond donors (Lipinski definition) is 0. The van der Waals surface area contributed by atoms with Crippen LogP contribution in [0.1, 0.15) is 16.7 Å². The fraction of sp³-hybridized carbons (Fsp3) is 0.333. The Bertz CT molecular complexity index is 974. The van der Waals surface area contributed by atoms with Crippen LogP contribution in [0.5, 0.6) is 0 Å². The van der Waals surface area contributed by atoms with Crippen molar-refractivity contribution in [2.24, 2.45) is 0 Å². The molecule has 0 radical (unpaired) electrons. The summed E-state index contributed by atoms with van der Waals surface area (Å²) in [7, 11) is 0. The van der Waals surface area contributed by atoms with Crippen molar-refractivity contribution in [1.82, 2.24) is 9.88 Å². The van der Waals surface area contributed by atoms with E-state index in [0.717, 1.165) is 55.1 Å². The predicted octanol–water partition coefficient (Wildman–Crippen LogP) is 3.13. The number of benzene rings is 1. The Morgan fingerprint density at radius 2 is 1.81 bits per heavy atom. The SMILES string of the molecule is Cc1cc2oc(=O)cc(CN3CCN(c4ccccn4)CC3)c2cc1C. The summed E-state index contributed by atoms with van der Waals surface area (Å²) < 4.78 is 5.41. The number of piperazine rings is 1. The zero-order chi connectivity index (χ0) is 18.1. The summed E-state index contributed by atoms with van der Waals surface area (Å²) in [6.45, 7) is 8.67. The highest BCUT2D eigenvalue weighted by molar-refractivity contribution is 5.81. The molecule has 1 saturated heterocycles. The molecular formula is C21H23N3O2. The second-order valence-electron chi connectivity index (χ2n) is 6.97. The highest BCUT2D eigenvalue weighted by Gasteiger charge is 2.19. The number of pyridine rings is 1. The van der Waals surface area contributed by atoms with E-state index in [4.69, 9.17) is 4.42 Å². The van der Waals surface area contributed by atoms with Gasteiger partial charge >= 0.3 is 5.63 Å². The van der Waals surface area contributed by atoms with Crippen LogP contribution in [0.3, 0.4) is 0 Å². The monoisotopic (exact) mass is 349 g/mol. The summed E-state index contributed by atoms with van der Waals surface area (Å²) in [4.78, 5) is 21.1. The Labute approximate surface area is 152 Å². The van der Waals surface area contributed by atoms with E-state index < -0.39 is 0 Å². The van der Waals surface area contributed by atoms with E-state index in [2.05, 4.69) is 33.8 Å². The number of rotatable bonds is 3. The molecule has 0 bridgehead atoms. The molecule has 1 aliphatic rings. The highest BCUT2D eigenvalue weighted by atomic mass is 16.4.